The van der Waals surface area contributed by atoms with Crippen LogP contribution in [0.1, 0.15) is 16.7 Å². The number of nitrogens with zero attached hydrogens (tertiary/aromatic N) is 3. The maximum absolute atomic E-state index is 13.5. The number of halogens is 3. The second-order valence-electron chi connectivity index (χ2n) is 4.38. The van der Waals surface area contributed by atoms with Crippen LogP contribution in [0, 0.1) is 22.7 Å². The molecule has 0 spiro atoms. The van der Waals surface area contributed by atoms with E-state index in [0.717, 1.165) is 6.07 Å². The van der Waals surface area contributed by atoms with E-state index in [0.29, 0.717) is 5.56 Å². The van der Waals surface area contributed by atoms with Gasteiger partial charge in [-0.15, -0.1) is 0 Å². The topological polar surface area (TPSA) is 59.9 Å². The lowest BCUT2D eigenvalue weighted by Crippen LogP contribution is -2.09. The SMILES string of the molecule is N#Cc1ccc(-c2c(C#N)ccc(N=C=S)c2C(F)(F)F)cc1. The van der Waals surface area contributed by atoms with Crippen molar-refractivity contribution in [3.63, 3.8) is 0 Å². The van der Waals surface area contributed by atoms with Crippen molar-refractivity contribution in [2.24, 2.45) is 4.99 Å². The van der Waals surface area contributed by atoms with Crippen LogP contribution in [0.5, 0.6) is 0 Å². The maximum Gasteiger partial charge on any atom is 0.419 e. The van der Waals surface area contributed by atoms with Crippen LogP contribution in [-0.2, 0) is 6.18 Å². The number of isothiocyanates is 1. The molecule has 0 saturated carbocycles. The number of alkyl halides is 3. The Balaban J connectivity index is 2.88. The van der Waals surface area contributed by atoms with E-state index in [1.54, 1.807) is 6.07 Å². The average Bonchev–Trinajstić information content (AvgIpc) is 2.53. The van der Waals surface area contributed by atoms with Gasteiger partial charge >= 0.3 is 6.18 Å². The zero-order valence-electron chi connectivity index (χ0n) is 11.3. The van der Waals surface area contributed by atoms with Crippen molar-refractivity contribution in [3.05, 3.63) is 53.1 Å². The van der Waals surface area contributed by atoms with Gasteiger partial charge in [0.15, 0.2) is 0 Å². The van der Waals surface area contributed by atoms with Crippen molar-refractivity contribution in [2.75, 3.05) is 0 Å². The summed E-state index contributed by atoms with van der Waals surface area (Å²) in [4.78, 5) is 3.45. The van der Waals surface area contributed by atoms with E-state index >= 15 is 0 Å². The number of thiocarbonyl (C=S) groups is 1. The average molecular weight is 329 g/mol. The summed E-state index contributed by atoms with van der Waals surface area (Å²) in [6.07, 6.45) is -4.74. The summed E-state index contributed by atoms with van der Waals surface area (Å²) < 4.78 is 40.5. The standard InChI is InChI=1S/C16H6F3N3S/c17-16(18,19)15-13(22-9-23)6-5-12(8-21)14(15)11-3-1-10(7-20)2-4-11/h1-6H. The van der Waals surface area contributed by atoms with Crippen LogP contribution >= 0.6 is 12.2 Å². The number of nitriles is 2. The fraction of sp³-hybridized carbons (Fsp3) is 0.0625. The Labute approximate surface area is 134 Å². The summed E-state index contributed by atoms with van der Waals surface area (Å²) >= 11 is 4.39. The first-order chi connectivity index (χ1) is 10.9. The zero-order valence-corrected chi connectivity index (χ0v) is 12.2. The van der Waals surface area contributed by atoms with Gasteiger partial charge in [0.1, 0.15) is 0 Å². The first-order valence-corrected chi connectivity index (χ1v) is 6.56. The van der Waals surface area contributed by atoms with Crippen LogP contribution in [0.3, 0.4) is 0 Å². The second-order valence-corrected chi connectivity index (χ2v) is 4.57. The minimum atomic E-state index is -4.74. The molecule has 0 N–H and O–H groups in total. The Morgan fingerprint density at radius 2 is 1.61 bits per heavy atom. The number of hydrogen-bond donors (Lipinski definition) is 0. The molecule has 0 aliphatic rings. The molecule has 2 rings (SSSR count). The van der Waals surface area contributed by atoms with E-state index in [-0.39, 0.29) is 16.7 Å². The summed E-state index contributed by atoms with van der Waals surface area (Å²) in [6, 6.07) is 11.4. The van der Waals surface area contributed by atoms with Crippen LogP contribution in [0.2, 0.25) is 0 Å². The molecule has 112 valence electrons. The van der Waals surface area contributed by atoms with E-state index in [2.05, 4.69) is 17.2 Å². The third-order valence-corrected chi connectivity index (χ3v) is 3.15. The molecule has 0 fully saturated rings. The van der Waals surface area contributed by atoms with Gasteiger partial charge in [-0.3, -0.25) is 0 Å². The molecule has 3 nitrogen and oxygen atoms in total. The van der Waals surface area contributed by atoms with Crippen molar-refractivity contribution < 1.29 is 13.2 Å². The number of aliphatic imine (C=N–C) groups is 1. The van der Waals surface area contributed by atoms with E-state index in [9.17, 15) is 13.2 Å². The van der Waals surface area contributed by atoms with Crippen molar-refractivity contribution in [2.45, 2.75) is 6.18 Å². The molecule has 7 heteroatoms. The molecule has 0 amide bonds. The van der Waals surface area contributed by atoms with Crippen molar-refractivity contribution in [1.82, 2.24) is 0 Å². The summed E-state index contributed by atoms with van der Waals surface area (Å²) in [7, 11) is 0. The lowest BCUT2D eigenvalue weighted by atomic mass is 9.92. The van der Waals surface area contributed by atoms with E-state index in [4.69, 9.17) is 10.5 Å². The van der Waals surface area contributed by atoms with Crippen molar-refractivity contribution in [1.29, 1.82) is 10.5 Å². The number of hydrogen-bond acceptors (Lipinski definition) is 4. The monoisotopic (exact) mass is 329 g/mol. The molecule has 0 unspecified atom stereocenters. The minimum absolute atomic E-state index is 0.148. The summed E-state index contributed by atoms with van der Waals surface area (Å²) in [5.74, 6) is 0. The first-order valence-electron chi connectivity index (χ1n) is 6.15. The van der Waals surface area contributed by atoms with E-state index in [1.165, 1.54) is 30.3 Å². The fourth-order valence-corrected chi connectivity index (χ4v) is 2.22. The number of benzene rings is 2. The largest absolute Gasteiger partial charge is 0.419 e. The molecule has 0 saturated heterocycles. The molecule has 23 heavy (non-hydrogen) atoms. The van der Waals surface area contributed by atoms with Crippen LogP contribution in [0.15, 0.2) is 41.4 Å². The van der Waals surface area contributed by atoms with Gasteiger partial charge in [0.05, 0.1) is 39.7 Å². The Hall–Kier alpha value is -2.99. The van der Waals surface area contributed by atoms with Gasteiger partial charge in [-0.25, -0.2) is 0 Å². The third kappa shape index (κ3) is 3.27. The maximum atomic E-state index is 13.5. The van der Waals surface area contributed by atoms with Gasteiger partial charge in [0.25, 0.3) is 0 Å². The molecule has 0 aliphatic heterocycles. The quantitative estimate of drug-likeness (QED) is 0.584. The molecular weight excluding hydrogens is 323 g/mol. The van der Waals surface area contributed by atoms with Crippen LogP contribution in [0.4, 0.5) is 18.9 Å². The Morgan fingerprint density at radius 1 is 0.957 bits per heavy atom. The Morgan fingerprint density at radius 3 is 2.09 bits per heavy atom. The van der Waals surface area contributed by atoms with Crippen LogP contribution in [0.25, 0.3) is 11.1 Å². The smallest absolute Gasteiger partial charge is 0.194 e. The van der Waals surface area contributed by atoms with Crippen molar-refractivity contribution in [3.8, 4) is 23.3 Å². The summed E-state index contributed by atoms with van der Waals surface area (Å²) in [5, 5.41) is 19.8. The lowest BCUT2D eigenvalue weighted by molar-refractivity contribution is -0.136. The predicted molar refractivity (Wildman–Crippen MR) is 81.0 cm³/mol. The first kappa shape index (κ1) is 16.4. The Bertz CT molecular complexity index is 881. The molecule has 0 atom stereocenters. The lowest BCUT2D eigenvalue weighted by Gasteiger charge is -2.16. The molecule has 0 radical (unpaired) electrons. The molecule has 0 heterocycles. The van der Waals surface area contributed by atoms with E-state index < -0.39 is 17.4 Å². The third-order valence-electron chi connectivity index (χ3n) is 3.06. The van der Waals surface area contributed by atoms with Gasteiger partial charge < -0.3 is 0 Å². The molecule has 0 bridgehead atoms. The highest BCUT2D eigenvalue weighted by atomic mass is 32.1. The molecule has 0 aliphatic carbocycles. The second kappa shape index (κ2) is 6.41. The van der Waals surface area contributed by atoms with Crippen molar-refractivity contribution >= 4 is 23.1 Å². The highest BCUT2D eigenvalue weighted by molar-refractivity contribution is 7.78. The zero-order chi connectivity index (χ0) is 17.0. The molecule has 2 aromatic rings. The Kier molecular flexibility index (Phi) is 4.57. The number of rotatable bonds is 2. The minimum Gasteiger partial charge on any atom is -0.194 e. The summed E-state index contributed by atoms with van der Waals surface area (Å²) in [5.41, 5.74) is -1.45. The molecule has 0 aromatic heterocycles. The van der Waals surface area contributed by atoms with Gasteiger partial charge in [-0.2, -0.15) is 28.7 Å². The highest BCUT2D eigenvalue weighted by Gasteiger charge is 2.38. The summed E-state index contributed by atoms with van der Waals surface area (Å²) in [6.45, 7) is 0. The molecule has 2 aromatic carbocycles. The van der Waals surface area contributed by atoms with Crippen LogP contribution < -0.4 is 0 Å². The van der Waals surface area contributed by atoms with Gasteiger partial charge in [-0.05, 0) is 42.0 Å². The molecular formula is C16H6F3N3S. The predicted octanol–water partition coefficient (Wildman–Crippen LogP) is 4.85. The fourth-order valence-electron chi connectivity index (χ4n) is 2.13. The van der Waals surface area contributed by atoms with Gasteiger partial charge in [0.2, 0.25) is 0 Å². The normalized spacial score (nSPS) is 10.3. The van der Waals surface area contributed by atoms with Gasteiger partial charge in [0, 0.05) is 5.56 Å². The van der Waals surface area contributed by atoms with E-state index in [1.807, 2.05) is 11.2 Å². The van der Waals surface area contributed by atoms with Gasteiger partial charge in [-0.1, -0.05) is 12.1 Å². The van der Waals surface area contributed by atoms with Crippen LogP contribution in [-0.4, -0.2) is 5.16 Å². The highest BCUT2D eigenvalue weighted by Crippen LogP contribution is 2.44.